The van der Waals surface area contributed by atoms with Gasteiger partial charge in [0.05, 0.1) is 0 Å². The first kappa shape index (κ1) is 7.77. The second kappa shape index (κ2) is 3.73. The Kier molecular flexibility index (Phi) is 3.22. The number of amides is 1. The fraction of sp³-hybridized carbons (Fsp3) is 0.286. The van der Waals surface area contributed by atoms with Crippen LogP contribution >= 0.6 is 0 Å². The first-order valence-corrected chi connectivity index (χ1v) is 2.52. The van der Waals surface area contributed by atoms with Gasteiger partial charge in [0.25, 0.3) is 5.91 Å². The van der Waals surface area contributed by atoms with Gasteiger partial charge in [0.1, 0.15) is 0 Å². The third-order valence-electron chi connectivity index (χ3n) is 0.687. The highest BCUT2D eigenvalue weighted by Crippen LogP contribution is 1.73. The zero-order valence-corrected chi connectivity index (χ0v) is 5.64. The number of carbonyl (C=O) groups excluding carboxylic acids is 1. The van der Waals surface area contributed by atoms with Crippen LogP contribution in [0.5, 0.6) is 0 Å². The summed E-state index contributed by atoms with van der Waals surface area (Å²) < 4.78 is 0. The van der Waals surface area contributed by atoms with Crippen LogP contribution in [0.15, 0.2) is 12.7 Å². The Morgan fingerprint density at radius 1 is 1.67 bits per heavy atom. The maximum atomic E-state index is 10.6. The van der Waals surface area contributed by atoms with Crippen LogP contribution in [0.2, 0.25) is 0 Å². The molecule has 0 bridgehead atoms. The van der Waals surface area contributed by atoms with E-state index >= 15 is 0 Å². The Bertz CT molecular complexity index is 171. The van der Waals surface area contributed by atoms with Crippen LogP contribution in [0.4, 0.5) is 0 Å². The van der Waals surface area contributed by atoms with Crippen LogP contribution in [0.25, 0.3) is 0 Å². The first-order valence-electron chi connectivity index (χ1n) is 2.52. The lowest BCUT2D eigenvalue weighted by Gasteiger charge is -2.01. The summed E-state index contributed by atoms with van der Waals surface area (Å²) in [6.07, 6.45) is 1.39. The van der Waals surface area contributed by atoms with E-state index in [-0.39, 0.29) is 5.91 Å². The number of carbonyl (C=O) groups is 1. The fourth-order valence-corrected chi connectivity index (χ4v) is 0.225. The molecule has 0 unspecified atom stereocenters. The monoisotopic (exact) mass is 123 g/mol. The van der Waals surface area contributed by atoms with Gasteiger partial charge in [0.2, 0.25) is 0 Å². The van der Waals surface area contributed by atoms with Gasteiger partial charge in [-0.1, -0.05) is 12.5 Å². The standard InChI is InChI=1S/C7H9NO/c1-4-5-6-7(9)8(2)3/h4H,1H2,2-3H3. The van der Waals surface area contributed by atoms with Crippen LogP contribution in [-0.4, -0.2) is 24.9 Å². The third kappa shape index (κ3) is 3.36. The zero-order valence-electron chi connectivity index (χ0n) is 5.64. The van der Waals surface area contributed by atoms with Crippen molar-refractivity contribution in [1.29, 1.82) is 0 Å². The molecule has 9 heavy (non-hydrogen) atoms. The summed E-state index contributed by atoms with van der Waals surface area (Å²) in [5.74, 6) is 4.60. The second-order valence-corrected chi connectivity index (χ2v) is 1.67. The molecule has 0 heterocycles. The molecule has 1 amide bonds. The lowest BCUT2D eigenvalue weighted by atomic mass is 10.5. The van der Waals surface area contributed by atoms with Crippen LogP contribution < -0.4 is 0 Å². The lowest BCUT2D eigenvalue weighted by molar-refractivity contribution is -0.122. The van der Waals surface area contributed by atoms with Crippen molar-refractivity contribution in [1.82, 2.24) is 4.90 Å². The topological polar surface area (TPSA) is 20.3 Å². The molecule has 0 aromatic heterocycles. The average molecular weight is 123 g/mol. The summed E-state index contributed by atoms with van der Waals surface area (Å²) in [5.41, 5.74) is 0. The summed E-state index contributed by atoms with van der Waals surface area (Å²) in [7, 11) is 3.31. The molecule has 0 aromatic carbocycles. The Morgan fingerprint density at radius 2 is 2.22 bits per heavy atom. The largest absolute Gasteiger partial charge is 0.338 e. The van der Waals surface area contributed by atoms with Gasteiger partial charge >= 0.3 is 0 Å². The molecule has 0 N–H and O–H groups in total. The van der Waals surface area contributed by atoms with Gasteiger partial charge in [-0.3, -0.25) is 4.79 Å². The van der Waals surface area contributed by atoms with Gasteiger partial charge < -0.3 is 4.90 Å². The van der Waals surface area contributed by atoms with E-state index in [0.717, 1.165) is 0 Å². The van der Waals surface area contributed by atoms with E-state index in [1.807, 2.05) is 0 Å². The minimum absolute atomic E-state index is 0.199. The SMILES string of the molecule is C=CC#CC(=O)N(C)C. The molecule has 0 radical (unpaired) electrons. The Morgan fingerprint density at radius 3 is 2.56 bits per heavy atom. The third-order valence-corrected chi connectivity index (χ3v) is 0.687. The van der Waals surface area contributed by atoms with Crippen molar-refractivity contribution < 1.29 is 4.79 Å². The molecule has 0 saturated carbocycles. The van der Waals surface area contributed by atoms with Crippen molar-refractivity contribution in [3.8, 4) is 11.8 Å². The van der Waals surface area contributed by atoms with Gasteiger partial charge in [0, 0.05) is 14.1 Å². The molecule has 48 valence electrons. The Labute approximate surface area is 55.2 Å². The zero-order chi connectivity index (χ0) is 7.28. The summed E-state index contributed by atoms with van der Waals surface area (Å²) in [6, 6.07) is 0. The maximum Gasteiger partial charge on any atom is 0.298 e. The lowest BCUT2D eigenvalue weighted by Crippen LogP contribution is -2.19. The van der Waals surface area contributed by atoms with Crippen molar-refractivity contribution in [2.45, 2.75) is 0 Å². The molecule has 0 saturated heterocycles. The van der Waals surface area contributed by atoms with E-state index in [1.54, 1.807) is 14.1 Å². The minimum Gasteiger partial charge on any atom is -0.338 e. The molecule has 0 aromatic rings. The van der Waals surface area contributed by atoms with Crippen molar-refractivity contribution >= 4 is 5.91 Å². The number of nitrogens with zero attached hydrogens (tertiary/aromatic N) is 1. The number of hydrogen-bond acceptors (Lipinski definition) is 1. The van der Waals surface area contributed by atoms with Crippen molar-refractivity contribution in [3.63, 3.8) is 0 Å². The van der Waals surface area contributed by atoms with E-state index in [9.17, 15) is 4.79 Å². The van der Waals surface area contributed by atoms with Crippen LogP contribution in [0.3, 0.4) is 0 Å². The summed E-state index contributed by atoms with van der Waals surface area (Å²) in [5, 5.41) is 0. The van der Waals surface area contributed by atoms with Crippen molar-refractivity contribution in [3.05, 3.63) is 12.7 Å². The van der Waals surface area contributed by atoms with Crippen molar-refractivity contribution in [2.24, 2.45) is 0 Å². The number of hydrogen-bond donors (Lipinski definition) is 0. The maximum absolute atomic E-state index is 10.6. The average Bonchev–Trinajstić information content (AvgIpc) is 1.82. The van der Waals surface area contributed by atoms with Crippen LogP contribution in [0, 0.1) is 11.8 Å². The predicted octanol–water partition coefficient (Wildman–Crippen LogP) is 0.264. The minimum atomic E-state index is -0.199. The smallest absolute Gasteiger partial charge is 0.298 e. The normalized spacial score (nSPS) is 6.89. The molecule has 2 heteroatoms. The van der Waals surface area contributed by atoms with E-state index in [2.05, 4.69) is 18.4 Å². The number of allylic oxidation sites excluding steroid dienone is 1. The summed E-state index contributed by atoms with van der Waals surface area (Å²) in [4.78, 5) is 12.0. The highest BCUT2D eigenvalue weighted by atomic mass is 16.2. The van der Waals surface area contributed by atoms with Gasteiger partial charge in [-0.05, 0) is 12.0 Å². The van der Waals surface area contributed by atoms with E-state index < -0.39 is 0 Å². The molecule has 0 fully saturated rings. The molecular weight excluding hydrogens is 114 g/mol. The van der Waals surface area contributed by atoms with E-state index in [0.29, 0.717) is 0 Å². The molecule has 0 aliphatic carbocycles. The summed E-state index contributed by atoms with van der Waals surface area (Å²) >= 11 is 0. The Balaban J connectivity index is 3.91. The van der Waals surface area contributed by atoms with E-state index in [4.69, 9.17) is 0 Å². The molecule has 0 aliphatic rings. The highest BCUT2D eigenvalue weighted by molar-refractivity contribution is 5.93. The predicted molar refractivity (Wildman–Crippen MR) is 36.7 cm³/mol. The molecule has 2 nitrogen and oxygen atoms in total. The Hall–Kier alpha value is -1.23. The van der Waals surface area contributed by atoms with Crippen molar-refractivity contribution in [2.75, 3.05) is 14.1 Å². The van der Waals surface area contributed by atoms with E-state index in [1.165, 1.54) is 11.0 Å². The van der Waals surface area contributed by atoms with Crippen LogP contribution in [0.1, 0.15) is 0 Å². The molecule has 0 atom stereocenters. The molecule has 0 spiro atoms. The van der Waals surface area contributed by atoms with Gasteiger partial charge in [-0.15, -0.1) is 0 Å². The fourth-order valence-electron chi connectivity index (χ4n) is 0.225. The summed E-state index contributed by atoms with van der Waals surface area (Å²) in [6.45, 7) is 3.35. The molecular formula is C7H9NO. The van der Waals surface area contributed by atoms with Gasteiger partial charge in [-0.25, -0.2) is 0 Å². The quantitative estimate of drug-likeness (QED) is 0.423. The molecule has 0 rings (SSSR count). The van der Waals surface area contributed by atoms with Gasteiger partial charge in [0.15, 0.2) is 0 Å². The highest BCUT2D eigenvalue weighted by Gasteiger charge is 1.93. The number of rotatable bonds is 0. The first-order chi connectivity index (χ1) is 4.18. The second-order valence-electron chi connectivity index (χ2n) is 1.67. The van der Waals surface area contributed by atoms with Crippen LogP contribution in [-0.2, 0) is 4.79 Å². The van der Waals surface area contributed by atoms with Gasteiger partial charge in [-0.2, -0.15) is 0 Å². The molecule has 0 aliphatic heterocycles.